The van der Waals surface area contributed by atoms with E-state index in [1.165, 1.54) is 0 Å². The molecule has 19 heavy (non-hydrogen) atoms. The van der Waals surface area contributed by atoms with E-state index in [1.807, 2.05) is 13.8 Å². The lowest BCUT2D eigenvalue weighted by molar-refractivity contribution is -0.146. The molecule has 5 nitrogen and oxygen atoms in total. The van der Waals surface area contributed by atoms with Gasteiger partial charge in [-0.25, -0.2) is 9.59 Å². The second-order valence-corrected chi connectivity index (χ2v) is 6.45. The van der Waals surface area contributed by atoms with Gasteiger partial charge >= 0.3 is 12.0 Å². The zero-order valence-corrected chi connectivity index (χ0v) is 11.9. The Balaban J connectivity index is 2.09. The van der Waals surface area contributed by atoms with Gasteiger partial charge in [-0.15, -0.1) is 0 Å². The Kier molecular flexibility index (Phi) is 3.74. The van der Waals surface area contributed by atoms with E-state index in [1.54, 1.807) is 4.90 Å². The smallest absolute Gasteiger partial charge is 0.329 e. The van der Waals surface area contributed by atoms with Crippen LogP contribution in [0, 0.1) is 0 Å². The number of hydrogen-bond donors (Lipinski definition) is 2. The summed E-state index contributed by atoms with van der Waals surface area (Å²) in [6, 6.07) is -0.216. The SMILES string of the molecule is CC1(C)CCCN1C(=O)NC1(C(=O)O)CCCCC1. The summed E-state index contributed by atoms with van der Waals surface area (Å²) >= 11 is 0. The molecule has 2 rings (SSSR count). The van der Waals surface area contributed by atoms with Crippen LogP contribution in [0.2, 0.25) is 0 Å². The van der Waals surface area contributed by atoms with Crippen LogP contribution in [0.3, 0.4) is 0 Å². The number of aliphatic carboxylic acids is 1. The summed E-state index contributed by atoms with van der Waals surface area (Å²) in [5, 5.41) is 12.3. The lowest BCUT2D eigenvalue weighted by Gasteiger charge is -2.38. The van der Waals surface area contributed by atoms with Gasteiger partial charge in [-0.2, -0.15) is 0 Å². The Bertz CT molecular complexity index is 373. The molecular formula is C14H24N2O3. The van der Waals surface area contributed by atoms with Crippen LogP contribution in [-0.4, -0.2) is 39.6 Å². The number of carboxylic acids is 1. The van der Waals surface area contributed by atoms with E-state index in [0.717, 1.165) is 32.1 Å². The van der Waals surface area contributed by atoms with Crippen molar-refractivity contribution >= 4 is 12.0 Å². The van der Waals surface area contributed by atoms with Crippen LogP contribution in [0.25, 0.3) is 0 Å². The summed E-state index contributed by atoms with van der Waals surface area (Å²) in [4.78, 5) is 25.7. The molecule has 1 heterocycles. The monoisotopic (exact) mass is 268 g/mol. The second kappa shape index (κ2) is 5.02. The predicted octanol–water partition coefficient (Wildman–Crippen LogP) is 2.36. The van der Waals surface area contributed by atoms with E-state index in [4.69, 9.17) is 0 Å². The van der Waals surface area contributed by atoms with E-state index < -0.39 is 11.5 Å². The van der Waals surface area contributed by atoms with Crippen molar-refractivity contribution in [3.05, 3.63) is 0 Å². The van der Waals surface area contributed by atoms with Gasteiger partial charge in [0.2, 0.25) is 0 Å². The summed E-state index contributed by atoms with van der Waals surface area (Å²) in [5.41, 5.74) is -1.22. The summed E-state index contributed by atoms with van der Waals surface area (Å²) in [6.07, 6.45) is 5.84. The number of nitrogens with zero attached hydrogens (tertiary/aromatic N) is 1. The largest absolute Gasteiger partial charge is 0.480 e. The van der Waals surface area contributed by atoms with E-state index in [0.29, 0.717) is 19.4 Å². The van der Waals surface area contributed by atoms with Gasteiger partial charge in [0.15, 0.2) is 0 Å². The number of urea groups is 1. The number of carboxylic acid groups (broad SMARTS) is 1. The molecule has 2 N–H and O–H groups in total. The van der Waals surface area contributed by atoms with Crippen LogP contribution in [0.5, 0.6) is 0 Å². The van der Waals surface area contributed by atoms with Gasteiger partial charge in [0.05, 0.1) is 0 Å². The fourth-order valence-corrected chi connectivity index (χ4v) is 3.30. The van der Waals surface area contributed by atoms with Crippen molar-refractivity contribution in [1.29, 1.82) is 0 Å². The first-order chi connectivity index (χ1) is 8.87. The molecule has 1 aliphatic carbocycles. The molecule has 2 fully saturated rings. The van der Waals surface area contributed by atoms with Crippen LogP contribution < -0.4 is 5.32 Å². The van der Waals surface area contributed by atoms with Crippen molar-refractivity contribution in [2.45, 2.75) is 69.9 Å². The molecule has 0 atom stereocenters. The number of carbonyl (C=O) groups excluding carboxylic acids is 1. The fourth-order valence-electron chi connectivity index (χ4n) is 3.30. The molecule has 2 amide bonds. The standard InChI is InChI=1S/C14H24N2O3/c1-13(2)7-6-10-16(13)12(19)15-14(11(17)18)8-4-3-5-9-14/h3-10H2,1-2H3,(H,15,19)(H,17,18). The highest BCUT2D eigenvalue weighted by Gasteiger charge is 2.44. The average molecular weight is 268 g/mol. The highest BCUT2D eigenvalue weighted by Crippen LogP contribution is 2.31. The van der Waals surface area contributed by atoms with Crippen LogP contribution in [0.15, 0.2) is 0 Å². The van der Waals surface area contributed by atoms with Crippen molar-refractivity contribution in [3.63, 3.8) is 0 Å². The minimum absolute atomic E-state index is 0.168. The van der Waals surface area contributed by atoms with Crippen molar-refractivity contribution in [2.75, 3.05) is 6.54 Å². The summed E-state index contributed by atoms with van der Waals surface area (Å²) in [5.74, 6) is -0.891. The summed E-state index contributed by atoms with van der Waals surface area (Å²) < 4.78 is 0. The number of hydrogen-bond acceptors (Lipinski definition) is 2. The number of nitrogens with one attached hydrogen (secondary N) is 1. The van der Waals surface area contributed by atoms with Gasteiger partial charge in [-0.05, 0) is 39.5 Å². The third kappa shape index (κ3) is 2.69. The first-order valence-corrected chi connectivity index (χ1v) is 7.21. The third-order valence-corrected chi connectivity index (χ3v) is 4.61. The van der Waals surface area contributed by atoms with Gasteiger partial charge in [0, 0.05) is 12.1 Å². The van der Waals surface area contributed by atoms with Gasteiger partial charge in [0.25, 0.3) is 0 Å². The van der Waals surface area contributed by atoms with Crippen molar-refractivity contribution < 1.29 is 14.7 Å². The Hall–Kier alpha value is -1.26. The molecule has 1 aliphatic heterocycles. The number of rotatable bonds is 2. The number of amides is 2. The Morgan fingerprint density at radius 2 is 1.68 bits per heavy atom. The zero-order valence-electron chi connectivity index (χ0n) is 11.9. The Labute approximate surface area is 114 Å². The minimum Gasteiger partial charge on any atom is -0.480 e. The molecule has 1 saturated heterocycles. The topological polar surface area (TPSA) is 69.6 Å². The molecule has 0 bridgehead atoms. The van der Waals surface area contributed by atoms with Gasteiger partial charge in [0.1, 0.15) is 5.54 Å². The quantitative estimate of drug-likeness (QED) is 0.807. The minimum atomic E-state index is -1.05. The van der Waals surface area contributed by atoms with Crippen molar-refractivity contribution in [2.24, 2.45) is 0 Å². The molecule has 2 aliphatic rings. The van der Waals surface area contributed by atoms with E-state index in [-0.39, 0.29) is 11.6 Å². The third-order valence-electron chi connectivity index (χ3n) is 4.61. The van der Waals surface area contributed by atoms with Crippen LogP contribution in [0.4, 0.5) is 4.79 Å². The Morgan fingerprint density at radius 1 is 1.05 bits per heavy atom. The molecule has 0 radical (unpaired) electrons. The average Bonchev–Trinajstić information content (AvgIpc) is 2.70. The zero-order chi connectivity index (χ0) is 14.1. The van der Waals surface area contributed by atoms with Crippen LogP contribution in [-0.2, 0) is 4.79 Å². The van der Waals surface area contributed by atoms with E-state index in [9.17, 15) is 14.7 Å². The Morgan fingerprint density at radius 3 is 2.16 bits per heavy atom. The predicted molar refractivity (Wildman–Crippen MR) is 72.0 cm³/mol. The second-order valence-electron chi connectivity index (χ2n) is 6.45. The maximum absolute atomic E-state index is 12.4. The van der Waals surface area contributed by atoms with Crippen LogP contribution >= 0.6 is 0 Å². The lowest BCUT2D eigenvalue weighted by Crippen LogP contribution is -2.60. The van der Waals surface area contributed by atoms with Gasteiger partial charge in [-0.3, -0.25) is 0 Å². The molecule has 1 saturated carbocycles. The number of likely N-dealkylation sites (tertiary alicyclic amines) is 1. The molecule has 0 aromatic rings. The maximum atomic E-state index is 12.4. The highest BCUT2D eigenvalue weighted by atomic mass is 16.4. The molecule has 0 spiro atoms. The fraction of sp³-hybridized carbons (Fsp3) is 0.857. The summed E-state index contributed by atoms with van der Waals surface area (Å²) in [6.45, 7) is 4.79. The van der Waals surface area contributed by atoms with Gasteiger partial charge in [-0.1, -0.05) is 19.3 Å². The van der Waals surface area contributed by atoms with E-state index in [2.05, 4.69) is 5.32 Å². The normalized spacial score (nSPS) is 25.1. The highest BCUT2D eigenvalue weighted by molar-refractivity contribution is 5.86. The molecule has 5 heteroatoms. The molecule has 0 aromatic carbocycles. The molecule has 108 valence electrons. The first-order valence-electron chi connectivity index (χ1n) is 7.21. The molecule has 0 aromatic heterocycles. The lowest BCUT2D eigenvalue weighted by atomic mass is 9.82. The van der Waals surface area contributed by atoms with Crippen molar-refractivity contribution in [1.82, 2.24) is 10.2 Å². The molecular weight excluding hydrogens is 244 g/mol. The number of carbonyl (C=O) groups is 2. The van der Waals surface area contributed by atoms with E-state index >= 15 is 0 Å². The first kappa shape index (κ1) is 14.2. The maximum Gasteiger partial charge on any atom is 0.329 e. The van der Waals surface area contributed by atoms with Crippen LogP contribution in [0.1, 0.15) is 58.8 Å². The van der Waals surface area contributed by atoms with Crippen molar-refractivity contribution in [3.8, 4) is 0 Å². The summed E-state index contributed by atoms with van der Waals surface area (Å²) in [7, 11) is 0. The van der Waals surface area contributed by atoms with Gasteiger partial charge < -0.3 is 15.3 Å². The molecule has 0 unspecified atom stereocenters.